The van der Waals surface area contributed by atoms with E-state index in [0.717, 1.165) is 18.5 Å². The molecular weight excluding hydrogens is 233 g/mol. The summed E-state index contributed by atoms with van der Waals surface area (Å²) in [5.41, 5.74) is 1.57. The fourth-order valence-corrected chi connectivity index (χ4v) is 2.74. The van der Waals surface area contributed by atoms with Gasteiger partial charge in [-0.3, -0.25) is 0 Å². The molecule has 1 fully saturated rings. The Bertz CT molecular complexity index is 561. The fraction of sp³-hybridized carbons (Fsp3) is 0.538. The molecule has 2 aromatic heterocycles. The first-order valence-corrected chi connectivity index (χ1v) is 6.39. The summed E-state index contributed by atoms with van der Waals surface area (Å²) in [4.78, 5) is 4.56. The van der Waals surface area contributed by atoms with E-state index in [1.54, 1.807) is 13.2 Å². The van der Waals surface area contributed by atoms with E-state index in [1.807, 2.05) is 0 Å². The van der Waals surface area contributed by atoms with Gasteiger partial charge < -0.3 is 4.74 Å². The summed E-state index contributed by atoms with van der Waals surface area (Å²) in [5.74, 6) is 0.475. The van der Waals surface area contributed by atoms with Crippen molar-refractivity contribution in [3.05, 3.63) is 23.8 Å². The highest BCUT2D eigenvalue weighted by Gasteiger charge is 2.24. The molecule has 0 aromatic carbocycles. The van der Waals surface area contributed by atoms with Crippen molar-refractivity contribution in [3.8, 4) is 5.88 Å². The Balaban J connectivity index is 2.10. The first-order valence-electron chi connectivity index (χ1n) is 6.39. The van der Waals surface area contributed by atoms with Gasteiger partial charge in [-0.2, -0.15) is 8.91 Å². The first kappa shape index (κ1) is 11.4. The number of aromatic nitrogens is 3. The minimum atomic E-state index is -0.520. The Morgan fingerprint density at radius 2 is 2.06 bits per heavy atom. The van der Waals surface area contributed by atoms with Crippen LogP contribution in [0, 0.1) is 5.95 Å². The maximum absolute atomic E-state index is 13.2. The molecule has 0 aliphatic heterocycles. The standard InChI is InChI=1S/C13H16FN3O/c1-18-13-12(9-5-3-2-4-6-9)15-11-8-7-10(14)16-17(11)13/h7-9H,2-6H2,1H3. The number of hydrogen-bond acceptors (Lipinski definition) is 3. The molecule has 0 atom stereocenters. The number of nitrogens with zero attached hydrogens (tertiary/aromatic N) is 3. The van der Waals surface area contributed by atoms with Crippen molar-refractivity contribution in [3.63, 3.8) is 0 Å². The van der Waals surface area contributed by atoms with E-state index in [0.29, 0.717) is 17.4 Å². The Hall–Kier alpha value is -1.65. The van der Waals surface area contributed by atoms with E-state index >= 15 is 0 Å². The predicted octanol–water partition coefficient (Wildman–Crippen LogP) is 2.92. The van der Waals surface area contributed by atoms with E-state index in [1.165, 1.54) is 29.8 Å². The molecule has 0 amide bonds. The summed E-state index contributed by atoms with van der Waals surface area (Å²) >= 11 is 0. The van der Waals surface area contributed by atoms with Gasteiger partial charge in [-0.25, -0.2) is 4.98 Å². The summed E-state index contributed by atoms with van der Waals surface area (Å²) in [6.07, 6.45) is 6.00. The molecule has 0 saturated heterocycles. The second kappa shape index (κ2) is 4.55. The van der Waals surface area contributed by atoms with E-state index < -0.39 is 5.95 Å². The van der Waals surface area contributed by atoms with Crippen LogP contribution in [-0.4, -0.2) is 21.7 Å². The van der Waals surface area contributed by atoms with E-state index in [4.69, 9.17) is 4.74 Å². The van der Waals surface area contributed by atoms with Crippen LogP contribution in [-0.2, 0) is 0 Å². The van der Waals surface area contributed by atoms with E-state index in [2.05, 4.69) is 10.1 Å². The molecule has 1 saturated carbocycles. The predicted molar refractivity (Wildman–Crippen MR) is 65.3 cm³/mol. The van der Waals surface area contributed by atoms with Crippen LogP contribution < -0.4 is 4.74 Å². The minimum absolute atomic E-state index is 0.415. The SMILES string of the molecule is COc1c(C2CCCCC2)nc2ccc(F)nn12. The van der Waals surface area contributed by atoms with Crippen LogP contribution >= 0.6 is 0 Å². The molecule has 96 valence electrons. The normalized spacial score (nSPS) is 17.2. The molecule has 0 bridgehead atoms. The van der Waals surface area contributed by atoms with Gasteiger partial charge in [0.05, 0.1) is 7.11 Å². The lowest BCUT2D eigenvalue weighted by Gasteiger charge is -2.20. The zero-order valence-electron chi connectivity index (χ0n) is 10.4. The molecule has 3 rings (SSSR count). The number of hydrogen-bond donors (Lipinski definition) is 0. The second-order valence-electron chi connectivity index (χ2n) is 4.77. The van der Waals surface area contributed by atoms with Gasteiger partial charge >= 0.3 is 0 Å². The smallest absolute Gasteiger partial charge is 0.238 e. The van der Waals surface area contributed by atoms with Crippen molar-refractivity contribution >= 4 is 5.65 Å². The van der Waals surface area contributed by atoms with Crippen LogP contribution in [0.2, 0.25) is 0 Å². The van der Waals surface area contributed by atoms with Crippen molar-refractivity contribution in [2.75, 3.05) is 7.11 Å². The number of imidazole rings is 1. The van der Waals surface area contributed by atoms with Gasteiger partial charge in [-0.1, -0.05) is 19.3 Å². The zero-order valence-corrected chi connectivity index (χ0v) is 10.4. The van der Waals surface area contributed by atoms with Crippen LogP contribution in [0.15, 0.2) is 12.1 Å². The summed E-state index contributed by atoms with van der Waals surface area (Å²) in [6, 6.07) is 2.96. The lowest BCUT2D eigenvalue weighted by atomic mass is 9.87. The van der Waals surface area contributed by atoms with Gasteiger partial charge in [0.25, 0.3) is 0 Å². The summed E-state index contributed by atoms with van der Waals surface area (Å²) < 4.78 is 20.0. The number of halogens is 1. The maximum Gasteiger partial charge on any atom is 0.238 e. The quantitative estimate of drug-likeness (QED) is 0.821. The van der Waals surface area contributed by atoms with Crippen molar-refractivity contribution in [1.82, 2.24) is 14.6 Å². The first-order chi connectivity index (χ1) is 8.79. The molecule has 0 radical (unpaired) electrons. The van der Waals surface area contributed by atoms with Crippen LogP contribution in [0.25, 0.3) is 5.65 Å². The topological polar surface area (TPSA) is 39.4 Å². The average Bonchev–Trinajstić information content (AvgIpc) is 2.77. The molecule has 5 heteroatoms. The number of methoxy groups -OCH3 is 1. The van der Waals surface area contributed by atoms with Crippen molar-refractivity contribution < 1.29 is 9.13 Å². The third kappa shape index (κ3) is 1.83. The Kier molecular flexibility index (Phi) is 2.89. The molecule has 0 spiro atoms. The lowest BCUT2D eigenvalue weighted by molar-refractivity contribution is 0.361. The highest BCUT2D eigenvalue weighted by Crippen LogP contribution is 2.36. The highest BCUT2D eigenvalue weighted by atomic mass is 19.1. The van der Waals surface area contributed by atoms with Crippen molar-refractivity contribution in [1.29, 1.82) is 0 Å². The monoisotopic (exact) mass is 249 g/mol. The number of fused-ring (bicyclic) bond motifs is 1. The van der Waals surface area contributed by atoms with E-state index in [9.17, 15) is 4.39 Å². The minimum Gasteiger partial charge on any atom is -0.480 e. The summed E-state index contributed by atoms with van der Waals surface area (Å²) in [6.45, 7) is 0. The molecule has 18 heavy (non-hydrogen) atoms. The van der Waals surface area contributed by atoms with Gasteiger partial charge in [0.15, 0.2) is 5.65 Å². The van der Waals surface area contributed by atoms with Gasteiger partial charge in [0.1, 0.15) is 5.69 Å². The van der Waals surface area contributed by atoms with Gasteiger partial charge in [0.2, 0.25) is 11.8 Å². The molecule has 2 heterocycles. The van der Waals surface area contributed by atoms with Crippen LogP contribution in [0.5, 0.6) is 5.88 Å². The van der Waals surface area contributed by atoms with Gasteiger partial charge in [-0.15, -0.1) is 5.10 Å². The summed E-state index contributed by atoms with van der Waals surface area (Å²) in [5, 5.41) is 3.82. The van der Waals surface area contributed by atoms with Crippen LogP contribution in [0.1, 0.15) is 43.7 Å². The average molecular weight is 249 g/mol. The molecule has 1 aliphatic rings. The number of ether oxygens (including phenoxy) is 1. The molecule has 4 nitrogen and oxygen atoms in total. The highest BCUT2D eigenvalue weighted by molar-refractivity contribution is 5.45. The molecule has 0 N–H and O–H groups in total. The fourth-order valence-electron chi connectivity index (χ4n) is 2.74. The van der Waals surface area contributed by atoms with Gasteiger partial charge in [0, 0.05) is 5.92 Å². The summed E-state index contributed by atoms with van der Waals surface area (Å²) in [7, 11) is 1.59. The Morgan fingerprint density at radius 1 is 1.28 bits per heavy atom. The van der Waals surface area contributed by atoms with E-state index in [-0.39, 0.29) is 0 Å². The van der Waals surface area contributed by atoms with Crippen LogP contribution in [0.3, 0.4) is 0 Å². The molecule has 2 aromatic rings. The zero-order chi connectivity index (χ0) is 12.5. The third-order valence-electron chi connectivity index (χ3n) is 3.61. The molecular formula is C13H16FN3O. The Morgan fingerprint density at radius 3 is 2.78 bits per heavy atom. The van der Waals surface area contributed by atoms with Gasteiger partial charge in [-0.05, 0) is 25.0 Å². The van der Waals surface area contributed by atoms with Crippen molar-refractivity contribution in [2.24, 2.45) is 0 Å². The molecule has 0 unspecified atom stereocenters. The lowest BCUT2D eigenvalue weighted by Crippen LogP contribution is -2.07. The molecule has 1 aliphatic carbocycles. The van der Waals surface area contributed by atoms with Crippen molar-refractivity contribution in [2.45, 2.75) is 38.0 Å². The van der Waals surface area contributed by atoms with Crippen LogP contribution in [0.4, 0.5) is 4.39 Å². The Labute approximate surface area is 105 Å². The second-order valence-corrected chi connectivity index (χ2v) is 4.77. The number of rotatable bonds is 2. The third-order valence-corrected chi connectivity index (χ3v) is 3.61. The maximum atomic E-state index is 13.2. The largest absolute Gasteiger partial charge is 0.480 e.